The summed E-state index contributed by atoms with van der Waals surface area (Å²) in [7, 11) is 0. The highest BCUT2D eigenvalue weighted by atomic mass is 16.6. The fourth-order valence-corrected chi connectivity index (χ4v) is 3.22. The third kappa shape index (κ3) is 4.74. The fraction of sp³-hybridized carbons (Fsp3) is 0.650. The summed E-state index contributed by atoms with van der Waals surface area (Å²) < 4.78 is 5.55. The third-order valence-corrected chi connectivity index (χ3v) is 4.68. The van der Waals surface area contributed by atoms with Crippen molar-refractivity contribution >= 4 is 17.8 Å². The van der Waals surface area contributed by atoms with Crippen LogP contribution in [0.25, 0.3) is 0 Å². The lowest BCUT2D eigenvalue weighted by Gasteiger charge is -2.31. The summed E-state index contributed by atoms with van der Waals surface area (Å²) in [6.07, 6.45) is 4.13. The first-order chi connectivity index (χ1) is 12.1. The minimum atomic E-state index is -0.561. The highest BCUT2D eigenvalue weighted by molar-refractivity contribution is 5.87. The maximum Gasteiger partial charge on any atom is 0.416 e. The van der Waals surface area contributed by atoms with Crippen LogP contribution in [-0.2, 0) is 9.53 Å². The van der Waals surface area contributed by atoms with Crippen LogP contribution < -0.4 is 4.90 Å². The standard InChI is InChI=1S/C20H31N3O3/c1-7-14(2)23(19(25)26-20(4,5)6)18-11-10-16(13-21-18)17-9-8-12-22(17)15(3)24/h10-11,13-14,17H,7-9,12H2,1-6H3/t14-,17-/m1/s1. The Balaban J connectivity index is 2.24. The molecule has 0 N–H and O–H groups in total. The van der Waals surface area contributed by atoms with Gasteiger partial charge in [-0.3, -0.25) is 9.69 Å². The van der Waals surface area contributed by atoms with Crippen molar-refractivity contribution in [1.29, 1.82) is 0 Å². The van der Waals surface area contributed by atoms with Crippen LogP contribution in [0.5, 0.6) is 0 Å². The van der Waals surface area contributed by atoms with E-state index < -0.39 is 11.7 Å². The highest BCUT2D eigenvalue weighted by Crippen LogP contribution is 2.32. The van der Waals surface area contributed by atoms with Crippen LogP contribution in [0.2, 0.25) is 0 Å². The number of amides is 2. The molecule has 1 aromatic heterocycles. The first-order valence-corrected chi connectivity index (χ1v) is 9.39. The molecule has 0 bridgehead atoms. The van der Waals surface area contributed by atoms with E-state index in [9.17, 15) is 9.59 Å². The van der Waals surface area contributed by atoms with E-state index in [1.807, 2.05) is 51.7 Å². The Kier molecular flexibility index (Phi) is 6.26. The number of pyridine rings is 1. The quantitative estimate of drug-likeness (QED) is 0.802. The van der Waals surface area contributed by atoms with Gasteiger partial charge in [-0.1, -0.05) is 13.0 Å². The second kappa shape index (κ2) is 8.06. The molecule has 6 heteroatoms. The second-order valence-corrected chi connectivity index (χ2v) is 7.93. The van der Waals surface area contributed by atoms with Gasteiger partial charge in [0, 0.05) is 25.7 Å². The number of carbonyl (C=O) groups excluding carboxylic acids is 2. The minimum Gasteiger partial charge on any atom is -0.443 e. The SMILES string of the molecule is CC[C@@H](C)N(C(=O)OC(C)(C)C)c1ccc([C@H]2CCCN2C(C)=O)cn1. The van der Waals surface area contributed by atoms with Gasteiger partial charge in [0.2, 0.25) is 5.91 Å². The summed E-state index contributed by atoms with van der Waals surface area (Å²) in [5.74, 6) is 0.663. The predicted octanol–water partition coefficient (Wildman–Crippen LogP) is 4.31. The monoisotopic (exact) mass is 361 g/mol. The molecule has 2 atom stereocenters. The van der Waals surface area contributed by atoms with Gasteiger partial charge in [-0.15, -0.1) is 0 Å². The van der Waals surface area contributed by atoms with E-state index in [0.29, 0.717) is 5.82 Å². The van der Waals surface area contributed by atoms with Gasteiger partial charge in [0.25, 0.3) is 0 Å². The molecule has 1 aliphatic heterocycles. The normalized spacial score (nSPS) is 18.5. The number of likely N-dealkylation sites (tertiary alicyclic amines) is 1. The summed E-state index contributed by atoms with van der Waals surface area (Å²) in [6.45, 7) is 12.0. The maximum atomic E-state index is 12.7. The lowest BCUT2D eigenvalue weighted by atomic mass is 10.1. The highest BCUT2D eigenvalue weighted by Gasteiger charge is 2.30. The van der Waals surface area contributed by atoms with Crippen LogP contribution in [0.3, 0.4) is 0 Å². The van der Waals surface area contributed by atoms with Crippen LogP contribution in [0, 0.1) is 0 Å². The van der Waals surface area contributed by atoms with Gasteiger partial charge >= 0.3 is 6.09 Å². The van der Waals surface area contributed by atoms with E-state index >= 15 is 0 Å². The van der Waals surface area contributed by atoms with Crippen molar-refractivity contribution in [2.45, 2.75) is 78.5 Å². The van der Waals surface area contributed by atoms with Crippen LogP contribution in [0.15, 0.2) is 18.3 Å². The van der Waals surface area contributed by atoms with Gasteiger partial charge < -0.3 is 9.64 Å². The summed E-state index contributed by atoms with van der Waals surface area (Å²) in [5, 5.41) is 0. The summed E-state index contributed by atoms with van der Waals surface area (Å²) >= 11 is 0. The van der Waals surface area contributed by atoms with Gasteiger partial charge in [-0.05, 0) is 58.6 Å². The first-order valence-electron chi connectivity index (χ1n) is 9.39. The Hall–Kier alpha value is -2.11. The minimum absolute atomic E-state index is 0.0246. The number of ether oxygens (including phenoxy) is 1. The van der Waals surface area contributed by atoms with E-state index in [2.05, 4.69) is 4.98 Å². The Labute approximate surface area is 156 Å². The molecule has 2 amide bonds. The number of hydrogen-bond acceptors (Lipinski definition) is 4. The Morgan fingerprint density at radius 3 is 2.58 bits per heavy atom. The maximum absolute atomic E-state index is 12.7. The summed E-state index contributed by atoms with van der Waals surface area (Å²) in [6, 6.07) is 3.87. The Bertz CT molecular complexity index is 637. The van der Waals surface area contributed by atoms with Gasteiger partial charge in [-0.25, -0.2) is 9.78 Å². The first kappa shape index (κ1) is 20.2. The molecule has 0 spiro atoms. The molecule has 0 radical (unpaired) electrons. The molecule has 1 saturated heterocycles. The number of aromatic nitrogens is 1. The molecule has 0 aromatic carbocycles. The Morgan fingerprint density at radius 1 is 1.38 bits per heavy atom. The van der Waals surface area contributed by atoms with Crippen molar-refractivity contribution in [2.24, 2.45) is 0 Å². The third-order valence-electron chi connectivity index (χ3n) is 4.68. The molecular formula is C20H31N3O3. The van der Waals surface area contributed by atoms with E-state index in [1.165, 1.54) is 0 Å². The van der Waals surface area contributed by atoms with Gasteiger partial charge in [0.15, 0.2) is 0 Å². The number of carbonyl (C=O) groups is 2. The van der Waals surface area contributed by atoms with Crippen LogP contribution in [0.1, 0.15) is 72.4 Å². The molecule has 26 heavy (non-hydrogen) atoms. The number of nitrogens with zero attached hydrogens (tertiary/aromatic N) is 3. The van der Waals surface area contributed by atoms with E-state index in [0.717, 1.165) is 31.4 Å². The zero-order valence-electron chi connectivity index (χ0n) is 16.8. The largest absolute Gasteiger partial charge is 0.443 e. The van der Waals surface area contributed by atoms with E-state index in [-0.39, 0.29) is 18.0 Å². The molecule has 1 aliphatic rings. The molecule has 0 unspecified atom stereocenters. The molecule has 144 valence electrons. The topological polar surface area (TPSA) is 62.7 Å². The average Bonchev–Trinajstić information content (AvgIpc) is 3.03. The van der Waals surface area contributed by atoms with E-state index in [1.54, 1.807) is 18.0 Å². The predicted molar refractivity (Wildman–Crippen MR) is 102 cm³/mol. The molecule has 2 rings (SSSR count). The van der Waals surface area contributed by atoms with Crippen molar-refractivity contribution in [3.8, 4) is 0 Å². The van der Waals surface area contributed by atoms with Crippen molar-refractivity contribution < 1.29 is 14.3 Å². The molecular weight excluding hydrogens is 330 g/mol. The van der Waals surface area contributed by atoms with Crippen LogP contribution in [-0.4, -0.2) is 40.1 Å². The van der Waals surface area contributed by atoms with Crippen molar-refractivity contribution in [3.05, 3.63) is 23.9 Å². The van der Waals surface area contributed by atoms with Crippen LogP contribution in [0.4, 0.5) is 10.6 Å². The lowest BCUT2D eigenvalue weighted by molar-refractivity contribution is -0.129. The van der Waals surface area contributed by atoms with Crippen molar-refractivity contribution in [1.82, 2.24) is 9.88 Å². The lowest BCUT2D eigenvalue weighted by Crippen LogP contribution is -2.42. The van der Waals surface area contributed by atoms with Crippen LogP contribution >= 0.6 is 0 Å². The Morgan fingerprint density at radius 2 is 2.08 bits per heavy atom. The number of hydrogen-bond donors (Lipinski definition) is 0. The molecule has 0 aliphatic carbocycles. The second-order valence-electron chi connectivity index (χ2n) is 7.93. The fourth-order valence-electron chi connectivity index (χ4n) is 3.22. The van der Waals surface area contributed by atoms with Gasteiger partial charge in [0.05, 0.1) is 6.04 Å². The molecule has 6 nitrogen and oxygen atoms in total. The molecule has 1 fully saturated rings. The van der Waals surface area contributed by atoms with Crippen molar-refractivity contribution in [2.75, 3.05) is 11.4 Å². The number of anilines is 1. The molecule has 2 heterocycles. The van der Waals surface area contributed by atoms with Crippen molar-refractivity contribution in [3.63, 3.8) is 0 Å². The zero-order valence-corrected chi connectivity index (χ0v) is 16.8. The van der Waals surface area contributed by atoms with E-state index in [4.69, 9.17) is 4.74 Å². The number of rotatable bonds is 4. The smallest absolute Gasteiger partial charge is 0.416 e. The average molecular weight is 361 g/mol. The van der Waals surface area contributed by atoms with Gasteiger partial charge in [0.1, 0.15) is 11.4 Å². The summed E-state index contributed by atoms with van der Waals surface area (Å²) in [5.41, 5.74) is 0.448. The molecule has 1 aromatic rings. The summed E-state index contributed by atoms with van der Waals surface area (Å²) in [4.78, 5) is 32.5. The van der Waals surface area contributed by atoms with Gasteiger partial charge in [-0.2, -0.15) is 0 Å². The zero-order chi connectivity index (χ0) is 19.5. The molecule has 0 saturated carbocycles.